The summed E-state index contributed by atoms with van der Waals surface area (Å²) in [6, 6.07) is 0. The number of carbonyl (C=O) groups is 6. The smallest absolute Gasteiger partial charge is 0.317 e. The van der Waals surface area contributed by atoms with Gasteiger partial charge in [-0.1, -0.05) is 41.5 Å². The normalized spacial score (nSPS) is 24.1. The summed E-state index contributed by atoms with van der Waals surface area (Å²) >= 11 is 0. The number of piperazine rings is 1. The lowest BCUT2D eigenvalue weighted by molar-refractivity contribution is -0.156. The maximum atomic E-state index is 13.7. The molecule has 1 fully saturated rings. The number of rotatable bonds is 10. The summed E-state index contributed by atoms with van der Waals surface area (Å²) < 4.78 is 9.89. The number of ether oxygens (including phenoxy) is 2. The zero-order chi connectivity index (χ0) is 31.6. The molecule has 232 valence electrons. The number of hydrogen-bond acceptors (Lipinski definition) is 10. The first-order chi connectivity index (χ1) is 19.7. The number of methoxy groups -OCH3 is 2. The van der Waals surface area contributed by atoms with E-state index in [-0.39, 0.29) is 35.6 Å². The van der Waals surface area contributed by atoms with Gasteiger partial charge in [0, 0.05) is 50.4 Å². The Balaban J connectivity index is 2.00. The largest absolute Gasteiger partial charge is 0.468 e. The number of allylic oxidation sites excluding steroid dienone is 4. The Morgan fingerprint density at radius 3 is 1.24 bits per heavy atom. The van der Waals surface area contributed by atoms with Crippen LogP contribution < -0.4 is 0 Å². The van der Waals surface area contributed by atoms with Gasteiger partial charge in [-0.2, -0.15) is 0 Å². The van der Waals surface area contributed by atoms with Gasteiger partial charge in [0.15, 0.2) is 23.1 Å². The number of esters is 2. The fourth-order valence-corrected chi connectivity index (χ4v) is 6.70. The highest BCUT2D eigenvalue weighted by molar-refractivity contribution is 6.26. The van der Waals surface area contributed by atoms with Crippen LogP contribution in [-0.2, 0) is 38.2 Å². The Labute approximate surface area is 248 Å². The summed E-state index contributed by atoms with van der Waals surface area (Å²) in [6.07, 6.45) is 2.27. The van der Waals surface area contributed by atoms with Crippen molar-refractivity contribution >= 4 is 35.1 Å². The lowest BCUT2D eigenvalue weighted by Crippen LogP contribution is -2.53. The van der Waals surface area contributed by atoms with Crippen LogP contribution >= 0.6 is 0 Å². The molecule has 1 aliphatic heterocycles. The Kier molecular flexibility index (Phi) is 10.2. The van der Waals surface area contributed by atoms with Crippen LogP contribution in [0.5, 0.6) is 0 Å². The van der Waals surface area contributed by atoms with Gasteiger partial charge in [-0.3, -0.25) is 28.8 Å². The van der Waals surface area contributed by atoms with Crippen molar-refractivity contribution in [1.29, 1.82) is 0 Å². The van der Waals surface area contributed by atoms with E-state index in [9.17, 15) is 28.8 Å². The molecule has 0 N–H and O–H groups in total. The molecule has 0 bridgehead atoms. The van der Waals surface area contributed by atoms with Gasteiger partial charge < -0.3 is 19.3 Å². The third-order valence-electron chi connectivity index (χ3n) is 8.83. The monoisotopic (exact) mass is 586 g/mol. The standard InChI is InChI=1S/C32H46N2O8/c1-9-11-21(35)23-19(17-31(3,4)25(27(23)37)29(39)41-7)33-13-15-34(16-14-33)20-18-32(5,6)26(30(40)42-8)28(38)24(20)22(36)12-10-2/h25-26H,9-18H2,1-8H3/t25-,26-/m0/s1. The van der Waals surface area contributed by atoms with Crippen molar-refractivity contribution in [2.75, 3.05) is 40.4 Å². The second-order valence-corrected chi connectivity index (χ2v) is 12.9. The zero-order valence-corrected chi connectivity index (χ0v) is 26.4. The van der Waals surface area contributed by atoms with Crippen molar-refractivity contribution in [2.45, 2.75) is 80.1 Å². The van der Waals surface area contributed by atoms with Gasteiger partial charge in [0.25, 0.3) is 0 Å². The third kappa shape index (κ3) is 6.22. The average Bonchev–Trinajstić information content (AvgIpc) is 2.91. The topological polar surface area (TPSA) is 127 Å². The lowest BCUT2D eigenvalue weighted by atomic mass is 9.66. The van der Waals surface area contributed by atoms with Crippen LogP contribution in [0, 0.1) is 22.7 Å². The highest BCUT2D eigenvalue weighted by Crippen LogP contribution is 2.46. The zero-order valence-electron chi connectivity index (χ0n) is 26.4. The minimum Gasteiger partial charge on any atom is -0.468 e. The third-order valence-corrected chi connectivity index (χ3v) is 8.83. The number of Topliss-reactive ketones (excluding diaryl/α,β-unsaturated/α-hetero) is 4. The molecule has 2 atom stereocenters. The summed E-state index contributed by atoms with van der Waals surface area (Å²) in [5.41, 5.74) is -0.0357. The number of nitrogens with zero attached hydrogens (tertiary/aromatic N) is 2. The Morgan fingerprint density at radius 2 is 0.976 bits per heavy atom. The van der Waals surface area contributed by atoms with Crippen LogP contribution in [0.15, 0.2) is 22.5 Å². The fraction of sp³-hybridized carbons (Fsp3) is 0.688. The van der Waals surface area contributed by atoms with Crippen LogP contribution in [0.1, 0.15) is 80.1 Å². The summed E-state index contributed by atoms with van der Waals surface area (Å²) in [5, 5.41) is 0. The van der Waals surface area contributed by atoms with E-state index >= 15 is 0 Å². The minimum atomic E-state index is -1.06. The van der Waals surface area contributed by atoms with Crippen molar-refractivity contribution < 1.29 is 38.2 Å². The molecule has 10 heteroatoms. The van der Waals surface area contributed by atoms with E-state index in [1.54, 1.807) is 0 Å². The molecular weight excluding hydrogens is 540 g/mol. The molecule has 3 rings (SSSR count). The molecule has 10 nitrogen and oxygen atoms in total. The predicted molar refractivity (Wildman–Crippen MR) is 155 cm³/mol. The molecule has 0 aromatic carbocycles. The second kappa shape index (κ2) is 12.9. The SMILES string of the molecule is CCCC(=O)C1=C(N2CCN(C3=C(C(=O)CCC)C(=O)[C@@H](C(=O)OC)C(C)(C)C3)CC2)CC(C)(C)[C@H](C(=O)OC)C1=O. The minimum absolute atomic E-state index is 0.0907. The number of carbonyl (C=O) groups excluding carboxylic acids is 6. The second-order valence-electron chi connectivity index (χ2n) is 12.9. The number of ketones is 4. The molecule has 0 amide bonds. The van der Waals surface area contributed by atoms with Gasteiger partial charge in [0.05, 0.1) is 25.4 Å². The molecule has 0 aromatic heterocycles. The van der Waals surface area contributed by atoms with E-state index in [0.717, 1.165) is 0 Å². The van der Waals surface area contributed by atoms with E-state index in [2.05, 4.69) is 0 Å². The Morgan fingerprint density at radius 1 is 0.667 bits per heavy atom. The maximum Gasteiger partial charge on any atom is 0.317 e. The molecule has 42 heavy (non-hydrogen) atoms. The van der Waals surface area contributed by atoms with Gasteiger partial charge in [0.2, 0.25) is 0 Å². The molecule has 1 saturated heterocycles. The summed E-state index contributed by atoms with van der Waals surface area (Å²) in [5.74, 6) is -4.91. The predicted octanol–water partition coefficient (Wildman–Crippen LogP) is 3.43. The molecule has 0 aromatic rings. The fourth-order valence-electron chi connectivity index (χ4n) is 6.70. The average molecular weight is 587 g/mol. The van der Waals surface area contributed by atoms with Crippen LogP contribution in [0.2, 0.25) is 0 Å². The van der Waals surface area contributed by atoms with Crippen LogP contribution in [-0.4, -0.2) is 85.3 Å². The van der Waals surface area contributed by atoms with Crippen molar-refractivity contribution in [3.05, 3.63) is 22.5 Å². The summed E-state index contributed by atoms with van der Waals surface area (Å²) in [7, 11) is 2.49. The Bertz CT molecular complexity index is 1120. The van der Waals surface area contributed by atoms with Crippen molar-refractivity contribution in [1.82, 2.24) is 9.80 Å². The van der Waals surface area contributed by atoms with Gasteiger partial charge in [0.1, 0.15) is 11.8 Å². The van der Waals surface area contributed by atoms with Crippen LogP contribution in [0.4, 0.5) is 0 Å². The summed E-state index contributed by atoms with van der Waals surface area (Å²) in [4.78, 5) is 83.2. The lowest BCUT2D eigenvalue weighted by Gasteiger charge is -2.47. The van der Waals surface area contributed by atoms with Crippen LogP contribution in [0.25, 0.3) is 0 Å². The van der Waals surface area contributed by atoms with E-state index in [4.69, 9.17) is 9.47 Å². The van der Waals surface area contributed by atoms with Crippen molar-refractivity contribution in [2.24, 2.45) is 22.7 Å². The van der Waals surface area contributed by atoms with E-state index in [1.807, 2.05) is 51.3 Å². The molecule has 2 aliphatic carbocycles. The quantitative estimate of drug-likeness (QED) is 0.213. The van der Waals surface area contributed by atoms with E-state index in [1.165, 1.54) is 14.2 Å². The molecule has 0 spiro atoms. The first kappa shape index (κ1) is 33.2. The van der Waals surface area contributed by atoms with Gasteiger partial charge >= 0.3 is 11.9 Å². The van der Waals surface area contributed by atoms with Gasteiger partial charge in [-0.05, 0) is 36.5 Å². The van der Waals surface area contributed by atoms with Crippen molar-refractivity contribution in [3.63, 3.8) is 0 Å². The highest BCUT2D eigenvalue weighted by Gasteiger charge is 2.52. The van der Waals surface area contributed by atoms with E-state index < -0.39 is 46.2 Å². The van der Waals surface area contributed by atoms with Gasteiger partial charge in [-0.15, -0.1) is 0 Å². The molecule has 1 heterocycles. The molecule has 0 unspecified atom stereocenters. The molecule has 0 saturated carbocycles. The highest BCUT2D eigenvalue weighted by atomic mass is 16.5. The summed E-state index contributed by atoms with van der Waals surface area (Å²) in [6.45, 7) is 12.9. The van der Waals surface area contributed by atoms with E-state index in [0.29, 0.717) is 63.3 Å². The van der Waals surface area contributed by atoms with Crippen molar-refractivity contribution in [3.8, 4) is 0 Å². The Hall–Kier alpha value is -3.30. The first-order valence-electron chi connectivity index (χ1n) is 14.9. The molecule has 3 aliphatic rings. The number of hydrogen-bond donors (Lipinski definition) is 0. The molecule has 0 radical (unpaired) electrons. The van der Waals surface area contributed by atoms with Crippen LogP contribution in [0.3, 0.4) is 0 Å². The molecular formula is C32H46N2O8. The first-order valence-corrected chi connectivity index (χ1v) is 14.9. The van der Waals surface area contributed by atoms with Gasteiger partial charge in [-0.25, -0.2) is 0 Å². The maximum absolute atomic E-state index is 13.7.